The number of primary amides is 1. The zero-order valence-electron chi connectivity index (χ0n) is 16.2. The number of benzene rings is 2. The van der Waals surface area contributed by atoms with Gasteiger partial charge in [-0.1, -0.05) is 5.16 Å². The topological polar surface area (TPSA) is 131 Å². The predicted octanol–water partition coefficient (Wildman–Crippen LogP) is 3.58. The van der Waals surface area contributed by atoms with Crippen LogP contribution >= 0.6 is 0 Å². The molecule has 29 heavy (non-hydrogen) atoms. The zero-order chi connectivity index (χ0) is 21.0. The molecule has 0 aliphatic heterocycles. The summed E-state index contributed by atoms with van der Waals surface area (Å²) in [4.78, 5) is 11.1. The normalized spacial score (nSPS) is 10.9. The van der Waals surface area contributed by atoms with E-state index in [1.54, 1.807) is 12.1 Å². The fourth-order valence-corrected chi connectivity index (χ4v) is 2.83. The number of carbonyl (C=O) groups is 1. The Morgan fingerprint density at radius 3 is 2.52 bits per heavy atom. The van der Waals surface area contributed by atoms with Gasteiger partial charge in [-0.3, -0.25) is 4.79 Å². The molecule has 0 spiro atoms. The first kappa shape index (κ1) is 20.1. The van der Waals surface area contributed by atoms with Crippen LogP contribution in [-0.2, 0) is 12.8 Å². The molecule has 0 radical (unpaired) electrons. The van der Waals surface area contributed by atoms with E-state index in [0.29, 0.717) is 41.7 Å². The molecular formula is C21H23N3O5. The Kier molecular flexibility index (Phi) is 5.92. The van der Waals surface area contributed by atoms with Gasteiger partial charge >= 0.3 is 0 Å². The number of nitrogens with one attached hydrogen (secondary N) is 1. The molecule has 2 aromatic carbocycles. The molecule has 0 aliphatic carbocycles. The molecule has 8 nitrogen and oxygen atoms in total. The van der Waals surface area contributed by atoms with Crippen LogP contribution in [0.1, 0.15) is 35.7 Å². The van der Waals surface area contributed by atoms with Crippen LogP contribution in [0.2, 0.25) is 0 Å². The molecular weight excluding hydrogens is 374 g/mol. The number of nitrogens with zero attached hydrogens (tertiary/aromatic N) is 1. The smallest absolute Gasteiger partial charge is 0.270 e. The van der Waals surface area contributed by atoms with Crippen molar-refractivity contribution in [2.24, 2.45) is 5.73 Å². The van der Waals surface area contributed by atoms with E-state index in [-0.39, 0.29) is 17.2 Å². The zero-order valence-corrected chi connectivity index (χ0v) is 16.2. The third kappa shape index (κ3) is 5.19. The number of anilines is 1. The van der Waals surface area contributed by atoms with Crippen LogP contribution in [0.5, 0.6) is 23.0 Å². The number of hydrogen-bond acceptors (Lipinski definition) is 7. The number of rotatable bonds is 8. The van der Waals surface area contributed by atoms with Crippen LogP contribution < -0.4 is 15.8 Å². The van der Waals surface area contributed by atoms with Crippen molar-refractivity contribution >= 4 is 11.6 Å². The van der Waals surface area contributed by atoms with Crippen molar-refractivity contribution in [2.45, 2.75) is 32.7 Å². The van der Waals surface area contributed by atoms with Gasteiger partial charge in [-0.05, 0) is 44.5 Å². The number of aryl methyl sites for hydroxylation is 1. The van der Waals surface area contributed by atoms with E-state index in [1.165, 1.54) is 18.2 Å². The quantitative estimate of drug-likeness (QED) is 0.457. The van der Waals surface area contributed by atoms with Crippen molar-refractivity contribution in [1.29, 1.82) is 0 Å². The second-order valence-corrected chi connectivity index (χ2v) is 6.91. The third-order valence-electron chi connectivity index (χ3n) is 4.14. The Hall–Kier alpha value is -3.68. The molecule has 1 aromatic heterocycles. The summed E-state index contributed by atoms with van der Waals surface area (Å²) in [6, 6.07) is 11.8. The molecule has 0 aliphatic rings. The molecule has 0 bridgehead atoms. The van der Waals surface area contributed by atoms with Crippen molar-refractivity contribution in [3.8, 4) is 23.0 Å². The number of carbonyl (C=O) groups excluding carboxylic acids is 1. The standard InChI is InChI=1S/C21H23N3O5/c1-12(2)23-13-3-5-15(6-4-13)28-20-10-14(25)9-19(26)17(20)8-7-16-11-18(21(22)27)24-29-16/h3-6,9-12,23,25-26H,7-8H2,1-2H3,(H2,22,27). The van der Waals surface area contributed by atoms with E-state index < -0.39 is 5.91 Å². The summed E-state index contributed by atoms with van der Waals surface area (Å²) < 4.78 is 11.0. The molecule has 0 fully saturated rings. The first-order valence-corrected chi connectivity index (χ1v) is 9.16. The van der Waals surface area contributed by atoms with Gasteiger partial charge in [0.1, 0.15) is 28.8 Å². The lowest BCUT2D eigenvalue weighted by molar-refractivity contribution is 0.0991. The Morgan fingerprint density at radius 2 is 1.90 bits per heavy atom. The summed E-state index contributed by atoms with van der Waals surface area (Å²) in [6.07, 6.45) is 0.689. The second-order valence-electron chi connectivity index (χ2n) is 6.91. The molecule has 0 saturated heterocycles. The maximum Gasteiger partial charge on any atom is 0.270 e. The lowest BCUT2D eigenvalue weighted by Gasteiger charge is -2.14. The van der Waals surface area contributed by atoms with Gasteiger partial charge in [0.25, 0.3) is 5.91 Å². The molecule has 1 amide bonds. The Balaban J connectivity index is 1.78. The fourth-order valence-electron chi connectivity index (χ4n) is 2.83. The van der Waals surface area contributed by atoms with Crippen LogP contribution in [0, 0.1) is 0 Å². The van der Waals surface area contributed by atoms with Crippen molar-refractivity contribution in [3.05, 3.63) is 59.5 Å². The van der Waals surface area contributed by atoms with Crippen LogP contribution in [0.4, 0.5) is 5.69 Å². The van der Waals surface area contributed by atoms with Crippen molar-refractivity contribution in [1.82, 2.24) is 5.16 Å². The summed E-state index contributed by atoms with van der Waals surface area (Å²) in [6.45, 7) is 4.10. The highest BCUT2D eigenvalue weighted by molar-refractivity contribution is 5.90. The maximum atomic E-state index is 11.1. The average molecular weight is 397 g/mol. The van der Waals surface area contributed by atoms with Crippen LogP contribution in [0.15, 0.2) is 47.0 Å². The summed E-state index contributed by atoms with van der Waals surface area (Å²) in [7, 11) is 0. The minimum Gasteiger partial charge on any atom is -0.508 e. The number of hydrogen-bond donors (Lipinski definition) is 4. The summed E-state index contributed by atoms with van der Waals surface area (Å²) >= 11 is 0. The van der Waals surface area contributed by atoms with Gasteiger partial charge in [0.2, 0.25) is 0 Å². The molecule has 8 heteroatoms. The van der Waals surface area contributed by atoms with E-state index in [9.17, 15) is 15.0 Å². The molecule has 3 aromatic rings. The number of aromatic hydroxyl groups is 2. The van der Waals surface area contributed by atoms with Gasteiger partial charge in [0.05, 0.1) is 0 Å². The van der Waals surface area contributed by atoms with Gasteiger partial charge in [-0.15, -0.1) is 0 Å². The fraction of sp³-hybridized carbons (Fsp3) is 0.238. The molecule has 0 saturated carbocycles. The number of ether oxygens (including phenoxy) is 1. The minimum absolute atomic E-state index is 0.0431. The highest BCUT2D eigenvalue weighted by atomic mass is 16.5. The summed E-state index contributed by atoms with van der Waals surface area (Å²) in [5.74, 6) is 0.430. The first-order valence-electron chi connectivity index (χ1n) is 9.16. The first-order chi connectivity index (χ1) is 13.8. The largest absolute Gasteiger partial charge is 0.508 e. The van der Waals surface area contributed by atoms with Gasteiger partial charge < -0.3 is 30.5 Å². The molecule has 1 heterocycles. The van der Waals surface area contributed by atoms with Crippen LogP contribution in [0.3, 0.4) is 0 Å². The number of aromatic nitrogens is 1. The second kappa shape index (κ2) is 8.55. The Labute approximate surface area is 167 Å². The minimum atomic E-state index is -0.674. The molecule has 0 unspecified atom stereocenters. The number of phenols is 2. The monoisotopic (exact) mass is 397 g/mol. The van der Waals surface area contributed by atoms with Gasteiger partial charge in [-0.2, -0.15) is 0 Å². The van der Waals surface area contributed by atoms with Crippen molar-refractivity contribution < 1.29 is 24.3 Å². The van der Waals surface area contributed by atoms with E-state index in [2.05, 4.69) is 10.5 Å². The van der Waals surface area contributed by atoms with E-state index >= 15 is 0 Å². The Bertz CT molecular complexity index is 996. The lowest BCUT2D eigenvalue weighted by atomic mass is 10.1. The van der Waals surface area contributed by atoms with E-state index in [0.717, 1.165) is 5.69 Å². The average Bonchev–Trinajstić information content (AvgIpc) is 3.11. The lowest BCUT2D eigenvalue weighted by Crippen LogP contribution is -2.10. The van der Waals surface area contributed by atoms with E-state index in [4.69, 9.17) is 15.0 Å². The maximum absolute atomic E-state index is 11.1. The molecule has 5 N–H and O–H groups in total. The predicted molar refractivity (Wildman–Crippen MR) is 107 cm³/mol. The van der Waals surface area contributed by atoms with Gasteiger partial charge in [0.15, 0.2) is 5.69 Å². The van der Waals surface area contributed by atoms with Crippen LogP contribution in [-0.4, -0.2) is 27.3 Å². The highest BCUT2D eigenvalue weighted by Crippen LogP contribution is 2.36. The molecule has 0 atom stereocenters. The van der Waals surface area contributed by atoms with Gasteiger partial charge in [0, 0.05) is 41.9 Å². The number of nitrogens with two attached hydrogens (primary N) is 1. The number of phenolic OH excluding ortho intramolecular Hbond substituents is 2. The summed E-state index contributed by atoms with van der Waals surface area (Å²) in [5.41, 5.74) is 6.66. The third-order valence-corrected chi connectivity index (χ3v) is 4.14. The molecule has 3 rings (SSSR count). The van der Waals surface area contributed by atoms with Gasteiger partial charge in [-0.25, -0.2) is 0 Å². The SMILES string of the molecule is CC(C)Nc1ccc(Oc2cc(O)cc(O)c2CCc2cc(C(N)=O)no2)cc1. The summed E-state index contributed by atoms with van der Waals surface area (Å²) in [5, 5.41) is 27.0. The molecule has 152 valence electrons. The Morgan fingerprint density at radius 1 is 1.17 bits per heavy atom. The van der Waals surface area contributed by atoms with E-state index in [1.807, 2.05) is 26.0 Å². The van der Waals surface area contributed by atoms with Crippen molar-refractivity contribution in [2.75, 3.05) is 5.32 Å². The van der Waals surface area contributed by atoms with Crippen molar-refractivity contribution in [3.63, 3.8) is 0 Å². The number of amides is 1. The van der Waals surface area contributed by atoms with Crippen LogP contribution in [0.25, 0.3) is 0 Å². The highest BCUT2D eigenvalue weighted by Gasteiger charge is 2.15.